The van der Waals surface area contributed by atoms with Crippen LogP contribution in [0.25, 0.3) is 0 Å². The van der Waals surface area contributed by atoms with Crippen molar-refractivity contribution in [1.82, 2.24) is 5.32 Å². The minimum atomic E-state index is -3.08. The second kappa shape index (κ2) is 5.65. The first kappa shape index (κ1) is 14.9. The van der Waals surface area contributed by atoms with Crippen LogP contribution in [-0.2, 0) is 9.84 Å². The van der Waals surface area contributed by atoms with Crippen LogP contribution in [-0.4, -0.2) is 55.4 Å². The highest BCUT2D eigenvalue weighted by molar-refractivity contribution is 7.91. The molecule has 0 aromatic rings. The van der Waals surface area contributed by atoms with E-state index < -0.39 is 15.9 Å². The zero-order chi connectivity index (χ0) is 13.1. The fourth-order valence-electron chi connectivity index (χ4n) is 2.08. The Hall–Kier alpha value is -0.170. The number of aliphatic hydroxyl groups is 2. The Morgan fingerprint density at radius 3 is 2.47 bits per heavy atom. The quantitative estimate of drug-likeness (QED) is 0.604. The van der Waals surface area contributed by atoms with Crippen LogP contribution in [0, 0.1) is 5.41 Å². The molecule has 2 atom stereocenters. The van der Waals surface area contributed by atoms with Crippen molar-refractivity contribution in [1.29, 1.82) is 0 Å². The van der Waals surface area contributed by atoms with E-state index in [2.05, 4.69) is 19.2 Å². The molecular formula is C11H23NO4S. The molecule has 1 aliphatic rings. The van der Waals surface area contributed by atoms with Crippen LogP contribution in [0.15, 0.2) is 0 Å². The first-order valence-corrected chi connectivity index (χ1v) is 7.81. The first-order chi connectivity index (χ1) is 7.76. The van der Waals surface area contributed by atoms with Crippen LogP contribution in [0.2, 0.25) is 0 Å². The maximum atomic E-state index is 11.3. The van der Waals surface area contributed by atoms with Gasteiger partial charge in [-0.25, -0.2) is 8.42 Å². The molecule has 1 heterocycles. The Kier molecular flexibility index (Phi) is 4.95. The number of nitrogens with one attached hydrogen (secondary N) is 1. The molecule has 3 N–H and O–H groups in total. The van der Waals surface area contributed by atoms with Crippen LogP contribution >= 0.6 is 0 Å². The Morgan fingerprint density at radius 1 is 1.35 bits per heavy atom. The van der Waals surface area contributed by atoms with Gasteiger partial charge in [-0.15, -0.1) is 0 Å². The van der Waals surface area contributed by atoms with E-state index in [0.717, 1.165) is 12.8 Å². The van der Waals surface area contributed by atoms with Crippen molar-refractivity contribution in [2.24, 2.45) is 5.41 Å². The molecule has 1 aliphatic heterocycles. The van der Waals surface area contributed by atoms with Crippen molar-refractivity contribution in [3.05, 3.63) is 0 Å². The normalized spacial score (nSPS) is 28.5. The van der Waals surface area contributed by atoms with E-state index in [4.69, 9.17) is 5.11 Å². The van der Waals surface area contributed by atoms with Gasteiger partial charge in [-0.3, -0.25) is 0 Å². The summed E-state index contributed by atoms with van der Waals surface area (Å²) in [6.07, 6.45) is 0.806. The molecule has 0 aromatic heterocycles. The molecule has 0 aliphatic carbocycles. The Labute approximate surface area is 103 Å². The third-order valence-corrected chi connectivity index (χ3v) is 4.89. The number of aliphatic hydroxyl groups excluding tert-OH is 2. The van der Waals surface area contributed by atoms with Crippen LogP contribution in [0.1, 0.15) is 26.7 Å². The van der Waals surface area contributed by atoms with Gasteiger partial charge in [-0.1, -0.05) is 13.8 Å². The van der Waals surface area contributed by atoms with Gasteiger partial charge in [0.1, 0.15) is 0 Å². The Morgan fingerprint density at radius 2 is 2.00 bits per heavy atom. The smallest absolute Gasteiger partial charge is 0.154 e. The van der Waals surface area contributed by atoms with Crippen LogP contribution in [0.5, 0.6) is 0 Å². The van der Waals surface area contributed by atoms with Gasteiger partial charge in [0.25, 0.3) is 0 Å². The maximum absolute atomic E-state index is 11.3. The van der Waals surface area contributed by atoms with E-state index in [-0.39, 0.29) is 29.6 Å². The summed E-state index contributed by atoms with van der Waals surface area (Å²) in [5.74, 6) is -0.119. The molecule has 0 aromatic carbocycles. The minimum Gasteiger partial charge on any atom is -0.396 e. The summed E-state index contributed by atoms with van der Waals surface area (Å²) in [6, 6.07) is -0.353. The van der Waals surface area contributed by atoms with Crippen LogP contribution < -0.4 is 5.32 Å². The average molecular weight is 265 g/mol. The molecule has 0 spiro atoms. The van der Waals surface area contributed by atoms with E-state index >= 15 is 0 Å². The van der Waals surface area contributed by atoms with Gasteiger partial charge in [0, 0.05) is 19.2 Å². The highest BCUT2D eigenvalue weighted by Crippen LogP contribution is 2.22. The zero-order valence-electron chi connectivity index (χ0n) is 10.5. The van der Waals surface area contributed by atoms with Gasteiger partial charge < -0.3 is 15.5 Å². The lowest BCUT2D eigenvalue weighted by atomic mass is 9.87. The van der Waals surface area contributed by atoms with Crippen LogP contribution in [0.3, 0.4) is 0 Å². The third kappa shape index (κ3) is 4.91. The standard InChI is InChI=1S/C11H23NO4S/c1-11(2,4-3-5-13)8-12-9-6-17(15,16)7-10(9)14/h9-10,12-14H,3-8H2,1-2H3. The Balaban J connectivity index is 2.40. The molecule has 0 bridgehead atoms. The molecular weight excluding hydrogens is 242 g/mol. The highest BCUT2D eigenvalue weighted by Gasteiger charge is 2.36. The fourth-order valence-corrected chi connectivity index (χ4v) is 3.85. The summed E-state index contributed by atoms with van der Waals surface area (Å²) in [5, 5.41) is 21.5. The zero-order valence-corrected chi connectivity index (χ0v) is 11.3. The first-order valence-electron chi connectivity index (χ1n) is 5.98. The van der Waals surface area contributed by atoms with Gasteiger partial charge in [0.15, 0.2) is 9.84 Å². The molecule has 5 nitrogen and oxygen atoms in total. The summed E-state index contributed by atoms with van der Waals surface area (Å²) in [6.45, 7) is 4.94. The highest BCUT2D eigenvalue weighted by atomic mass is 32.2. The van der Waals surface area contributed by atoms with Crippen LogP contribution in [0.4, 0.5) is 0 Å². The maximum Gasteiger partial charge on any atom is 0.154 e. The molecule has 1 rings (SSSR count). The topological polar surface area (TPSA) is 86.6 Å². The molecule has 1 saturated heterocycles. The summed E-state index contributed by atoms with van der Waals surface area (Å²) in [5.41, 5.74) is -0.00516. The van der Waals surface area contributed by atoms with Crippen molar-refractivity contribution < 1.29 is 18.6 Å². The van der Waals surface area contributed by atoms with E-state index in [9.17, 15) is 13.5 Å². The molecule has 17 heavy (non-hydrogen) atoms. The van der Waals surface area contributed by atoms with Gasteiger partial charge in [-0.2, -0.15) is 0 Å². The second-order valence-electron chi connectivity index (χ2n) is 5.62. The largest absolute Gasteiger partial charge is 0.396 e. The lowest BCUT2D eigenvalue weighted by Crippen LogP contribution is -2.43. The van der Waals surface area contributed by atoms with Crippen molar-refractivity contribution in [2.45, 2.75) is 38.8 Å². The molecule has 0 radical (unpaired) electrons. The van der Waals surface area contributed by atoms with E-state index in [0.29, 0.717) is 6.54 Å². The lowest BCUT2D eigenvalue weighted by Gasteiger charge is -2.27. The fraction of sp³-hybridized carbons (Fsp3) is 1.00. The van der Waals surface area contributed by atoms with Gasteiger partial charge >= 0.3 is 0 Å². The molecule has 6 heteroatoms. The van der Waals surface area contributed by atoms with Gasteiger partial charge in [0.05, 0.1) is 17.6 Å². The minimum absolute atomic E-state index is 0.00516. The molecule has 2 unspecified atom stereocenters. The third-order valence-electron chi connectivity index (χ3n) is 3.18. The SMILES string of the molecule is CC(C)(CCCO)CNC1CS(=O)(=O)CC1O. The Bertz CT molecular complexity index is 339. The predicted molar refractivity (Wildman–Crippen MR) is 66.6 cm³/mol. The second-order valence-corrected chi connectivity index (χ2v) is 7.78. The number of rotatable bonds is 6. The van der Waals surface area contributed by atoms with E-state index in [1.165, 1.54) is 0 Å². The molecule has 1 fully saturated rings. The average Bonchev–Trinajstić information content (AvgIpc) is 2.46. The van der Waals surface area contributed by atoms with Crippen molar-refractivity contribution in [2.75, 3.05) is 24.7 Å². The van der Waals surface area contributed by atoms with Crippen molar-refractivity contribution in [3.63, 3.8) is 0 Å². The number of sulfone groups is 1. The van der Waals surface area contributed by atoms with Crippen molar-refractivity contribution >= 4 is 9.84 Å². The summed E-state index contributed by atoms with van der Waals surface area (Å²) < 4.78 is 22.6. The summed E-state index contributed by atoms with van der Waals surface area (Å²) in [4.78, 5) is 0. The van der Waals surface area contributed by atoms with Crippen molar-refractivity contribution in [3.8, 4) is 0 Å². The monoisotopic (exact) mass is 265 g/mol. The molecule has 102 valence electrons. The lowest BCUT2D eigenvalue weighted by molar-refractivity contribution is 0.153. The molecule has 0 saturated carbocycles. The summed E-state index contributed by atoms with van der Waals surface area (Å²) >= 11 is 0. The summed E-state index contributed by atoms with van der Waals surface area (Å²) in [7, 11) is -3.08. The van der Waals surface area contributed by atoms with E-state index in [1.54, 1.807) is 0 Å². The molecule has 0 amide bonds. The predicted octanol–water partition coefficient (Wildman–Crippen LogP) is -0.467. The van der Waals surface area contributed by atoms with E-state index in [1.807, 2.05) is 0 Å². The number of hydrogen-bond donors (Lipinski definition) is 3. The van der Waals surface area contributed by atoms with Gasteiger partial charge in [0.2, 0.25) is 0 Å². The number of hydrogen-bond acceptors (Lipinski definition) is 5. The van der Waals surface area contributed by atoms with Gasteiger partial charge in [-0.05, 0) is 18.3 Å².